The smallest absolute Gasteiger partial charge is 0.298 e. The van der Waals surface area contributed by atoms with E-state index < -0.39 is 17.6 Å². The maximum atomic E-state index is 14.9. The van der Waals surface area contributed by atoms with Gasteiger partial charge in [-0.25, -0.2) is 4.39 Å². The largest absolute Gasteiger partial charge is 0.346 e. The van der Waals surface area contributed by atoms with E-state index in [4.69, 9.17) is 0 Å². The van der Waals surface area contributed by atoms with Gasteiger partial charge in [0.25, 0.3) is 11.6 Å². The summed E-state index contributed by atoms with van der Waals surface area (Å²) in [4.78, 5) is 12.3. The van der Waals surface area contributed by atoms with Gasteiger partial charge in [0.1, 0.15) is 6.07 Å². The highest BCUT2D eigenvalue weighted by molar-refractivity contribution is 5.89. The van der Waals surface area contributed by atoms with Gasteiger partial charge in [-0.2, -0.15) is 5.26 Å². The van der Waals surface area contributed by atoms with Gasteiger partial charge >= 0.3 is 0 Å². The third kappa shape index (κ3) is 3.57. The van der Waals surface area contributed by atoms with Gasteiger partial charge in [0, 0.05) is 5.56 Å². The fourth-order valence-corrected chi connectivity index (χ4v) is 2.26. The summed E-state index contributed by atoms with van der Waals surface area (Å²) in [5.74, 6) is -0.947. The van der Waals surface area contributed by atoms with Crippen molar-refractivity contribution in [2.45, 2.75) is 32.5 Å². The zero-order valence-electron chi connectivity index (χ0n) is 13.4. The Balaban J connectivity index is 2.21. The molecule has 1 N–H and O–H groups in total. The summed E-state index contributed by atoms with van der Waals surface area (Å²) in [6.07, 6.45) is 0. The van der Waals surface area contributed by atoms with Crippen LogP contribution in [0.1, 0.15) is 35.2 Å². The number of nitriles is 1. The van der Waals surface area contributed by atoms with Crippen LogP contribution in [0.4, 0.5) is 4.39 Å². The Morgan fingerprint density at radius 2 is 1.57 bits per heavy atom. The number of benzene rings is 2. The van der Waals surface area contributed by atoms with Crippen LogP contribution in [0, 0.1) is 25.2 Å². The molecule has 118 valence electrons. The number of nitrogens with one attached hydrogen (secondary N) is 1. The topological polar surface area (TPSA) is 52.9 Å². The minimum atomic E-state index is -2.70. The molecule has 2 aromatic carbocycles. The number of aryl methyl sites for hydroxylation is 2. The lowest BCUT2D eigenvalue weighted by Crippen LogP contribution is -2.41. The first-order chi connectivity index (χ1) is 10.9. The number of hydrogen-bond donors (Lipinski definition) is 1. The Hall–Kier alpha value is -2.67. The Kier molecular flexibility index (Phi) is 4.80. The molecular weight excluding hydrogens is 291 g/mol. The first kappa shape index (κ1) is 16.7. The monoisotopic (exact) mass is 310 g/mol. The maximum absolute atomic E-state index is 14.9. The van der Waals surface area contributed by atoms with E-state index in [1.165, 1.54) is 18.2 Å². The fraction of sp³-hybridized carbons (Fsp3) is 0.263. The minimum absolute atomic E-state index is 0.0409. The van der Waals surface area contributed by atoms with E-state index >= 15 is 0 Å². The molecule has 0 radical (unpaired) electrons. The van der Waals surface area contributed by atoms with Crippen molar-refractivity contribution in [3.05, 3.63) is 70.8 Å². The average Bonchev–Trinajstić information content (AvgIpc) is 2.55. The lowest BCUT2D eigenvalue weighted by Gasteiger charge is -2.21. The summed E-state index contributed by atoms with van der Waals surface area (Å²) in [6, 6.07) is 15.0. The van der Waals surface area contributed by atoms with Crippen LogP contribution in [0.25, 0.3) is 0 Å². The van der Waals surface area contributed by atoms with Gasteiger partial charge in [-0.15, -0.1) is 0 Å². The molecular formula is C19H19FN2O. The summed E-state index contributed by atoms with van der Waals surface area (Å²) in [6.45, 7) is 5.58. The van der Waals surface area contributed by atoms with Crippen molar-refractivity contribution in [3.63, 3.8) is 0 Å². The molecule has 0 unspecified atom stereocenters. The molecule has 0 fully saturated rings. The molecule has 0 saturated heterocycles. The molecule has 4 heteroatoms. The van der Waals surface area contributed by atoms with Gasteiger partial charge in [-0.1, -0.05) is 59.7 Å². The van der Waals surface area contributed by atoms with E-state index in [2.05, 4.69) is 5.32 Å². The molecule has 0 heterocycles. The maximum Gasteiger partial charge on any atom is 0.298 e. The second-order valence-electron chi connectivity index (χ2n) is 5.74. The standard InChI is InChI=1S/C19H19FN2O/c1-13-4-8-16(9-5-13)15(3)22-18(23)19(20,12-21)17-10-6-14(2)7-11-17/h4-11,15H,1-3H3,(H,22,23)/t15-,19+/m0/s1. The van der Waals surface area contributed by atoms with Gasteiger partial charge in [0.15, 0.2) is 0 Å². The van der Waals surface area contributed by atoms with E-state index in [0.717, 1.165) is 16.7 Å². The van der Waals surface area contributed by atoms with Crippen LogP contribution in [0.3, 0.4) is 0 Å². The SMILES string of the molecule is Cc1ccc([C@H](C)NC(=O)[C@@](F)(C#N)c2ccc(C)cc2)cc1. The molecule has 0 bridgehead atoms. The zero-order chi connectivity index (χ0) is 17.0. The van der Waals surface area contributed by atoms with Crippen LogP contribution in [-0.4, -0.2) is 5.91 Å². The van der Waals surface area contributed by atoms with Crippen molar-refractivity contribution in [2.75, 3.05) is 0 Å². The number of nitrogens with zero attached hydrogens (tertiary/aromatic N) is 1. The molecule has 0 aliphatic rings. The third-order valence-electron chi connectivity index (χ3n) is 3.84. The van der Waals surface area contributed by atoms with Gasteiger partial charge < -0.3 is 5.32 Å². The Morgan fingerprint density at radius 3 is 2.04 bits per heavy atom. The van der Waals surface area contributed by atoms with E-state index in [9.17, 15) is 14.4 Å². The van der Waals surface area contributed by atoms with E-state index in [0.29, 0.717) is 0 Å². The summed E-state index contributed by atoms with van der Waals surface area (Å²) in [7, 11) is 0. The summed E-state index contributed by atoms with van der Waals surface area (Å²) < 4.78 is 14.9. The number of carbonyl (C=O) groups excluding carboxylic acids is 1. The Bertz CT molecular complexity index is 731. The highest BCUT2D eigenvalue weighted by atomic mass is 19.1. The normalized spacial score (nSPS) is 14.4. The van der Waals surface area contributed by atoms with Crippen molar-refractivity contribution in [1.29, 1.82) is 5.26 Å². The van der Waals surface area contributed by atoms with Crippen LogP contribution in [0.2, 0.25) is 0 Å². The summed E-state index contributed by atoms with van der Waals surface area (Å²) >= 11 is 0. The Labute approximate surface area is 135 Å². The number of hydrogen-bond acceptors (Lipinski definition) is 2. The molecule has 2 aromatic rings. The van der Waals surface area contributed by atoms with Gasteiger partial charge in [-0.3, -0.25) is 4.79 Å². The van der Waals surface area contributed by atoms with Crippen LogP contribution in [0.15, 0.2) is 48.5 Å². The van der Waals surface area contributed by atoms with Crippen molar-refractivity contribution >= 4 is 5.91 Å². The first-order valence-corrected chi connectivity index (χ1v) is 7.41. The van der Waals surface area contributed by atoms with E-state index in [-0.39, 0.29) is 5.56 Å². The summed E-state index contributed by atoms with van der Waals surface area (Å²) in [5.41, 5.74) is 0.228. The molecule has 0 aromatic heterocycles. The molecule has 0 spiro atoms. The lowest BCUT2D eigenvalue weighted by atomic mass is 9.94. The van der Waals surface area contributed by atoms with Crippen LogP contribution < -0.4 is 5.32 Å². The second kappa shape index (κ2) is 6.62. The lowest BCUT2D eigenvalue weighted by molar-refractivity contribution is -0.130. The quantitative estimate of drug-likeness (QED) is 0.932. The summed E-state index contributed by atoms with van der Waals surface area (Å²) in [5, 5.41) is 11.8. The molecule has 2 rings (SSSR count). The van der Waals surface area contributed by atoms with Gasteiger partial charge in [0.2, 0.25) is 0 Å². The predicted octanol–water partition coefficient (Wildman–Crippen LogP) is 3.87. The van der Waals surface area contributed by atoms with Crippen molar-refractivity contribution in [2.24, 2.45) is 0 Å². The predicted molar refractivity (Wildman–Crippen MR) is 87.3 cm³/mol. The highest BCUT2D eigenvalue weighted by Gasteiger charge is 2.41. The van der Waals surface area contributed by atoms with Crippen LogP contribution >= 0.6 is 0 Å². The molecule has 23 heavy (non-hydrogen) atoms. The number of rotatable bonds is 4. The van der Waals surface area contributed by atoms with Crippen LogP contribution in [0.5, 0.6) is 0 Å². The minimum Gasteiger partial charge on any atom is -0.346 e. The number of carbonyl (C=O) groups is 1. The van der Waals surface area contributed by atoms with Gasteiger partial charge in [-0.05, 0) is 26.3 Å². The van der Waals surface area contributed by atoms with Crippen LogP contribution in [-0.2, 0) is 10.5 Å². The Morgan fingerprint density at radius 1 is 1.09 bits per heavy atom. The first-order valence-electron chi connectivity index (χ1n) is 7.41. The molecule has 1 amide bonds. The fourth-order valence-electron chi connectivity index (χ4n) is 2.26. The number of halogens is 1. The molecule has 0 aliphatic carbocycles. The van der Waals surface area contributed by atoms with Gasteiger partial charge in [0.05, 0.1) is 6.04 Å². The van der Waals surface area contributed by atoms with Crippen molar-refractivity contribution in [3.8, 4) is 6.07 Å². The third-order valence-corrected chi connectivity index (χ3v) is 3.84. The molecule has 0 saturated carbocycles. The van der Waals surface area contributed by atoms with E-state index in [1.54, 1.807) is 19.1 Å². The van der Waals surface area contributed by atoms with E-state index in [1.807, 2.05) is 38.1 Å². The second-order valence-corrected chi connectivity index (χ2v) is 5.74. The average molecular weight is 310 g/mol. The van der Waals surface area contributed by atoms with Crippen molar-refractivity contribution < 1.29 is 9.18 Å². The highest BCUT2D eigenvalue weighted by Crippen LogP contribution is 2.27. The van der Waals surface area contributed by atoms with Crippen molar-refractivity contribution in [1.82, 2.24) is 5.32 Å². The number of alkyl halides is 1. The zero-order valence-corrected chi connectivity index (χ0v) is 13.4. The number of amides is 1. The molecule has 3 nitrogen and oxygen atoms in total. The molecule has 2 atom stereocenters. The molecule has 0 aliphatic heterocycles.